The lowest BCUT2D eigenvalue weighted by atomic mass is 9.82. The molecule has 0 bridgehead atoms. The molecule has 59 heavy (non-hydrogen) atoms. The van der Waals surface area contributed by atoms with Crippen LogP contribution < -0.4 is 0 Å². The molecule has 16 nitrogen and oxygen atoms in total. The van der Waals surface area contributed by atoms with Crippen LogP contribution in [0.15, 0.2) is 24.3 Å². The third-order valence-corrected chi connectivity index (χ3v) is 12.2. The van der Waals surface area contributed by atoms with Crippen molar-refractivity contribution in [2.45, 2.75) is 190 Å². The van der Waals surface area contributed by atoms with Crippen molar-refractivity contribution in [3.8, 4) is 0 Å². The van der Waals surface area contributed by atoms with E-state index in [9.17, 15) is 30.0 Å². The fourth-order valence-corrected chi connectivity index (χ4v) is 8.93. The average molecular weight is 846 g/mol. The van der Waals surface area contributed by atoms with Crippen LogP contribution in [0.5, 0.6) is 0 Å². The van der Waals surface area contributed by atoms with E-state index in [1.54, 1.807) is 46.8 Å². The molecule has 4 heterocycles. The highest BCUT2D eigenvalue weighted by atomic mass is 16.7. The van der Waals surface area contributed by atoms with Crippen molar-refractivity contribution < 1.29 is 72.0 Å². The molecule has 0 amide bonds. The first-order chi connectivity index (χ1) is 29.0. The minimum Gasteiger partial charge on any atom is -0.462 e. The zero-order valence-electron chi connectivity index (χ0n) is 39.5. The molecule has 19 atom stereocenters. The van der Waals surface area contributed by atoms with Gasteiger partial charge in [0.15, 0.2) is 18.9 Å². The maximum atomic E-state index is 13.1. The summed E-state index contributed by atoms with van der Waals surface area (Å²) in [5.74, 6) is -1.67. The summed E-state index contributed by atoms with van der Waals surface area (Å²) in [4.78, 5) is 28.7. The monoisotopic (exact) mass is 846 g/mol. The molecule has 0 aliphatic carbocycles. The first kappa shape index (κ1) is 45.1. The number of rotatable bonds is 11. The summed E-state index contributed by atoms with van der Waals surface area (Å²) in [6, 6.07) is -1.10. The Kier molecular flexibility index (Phi) is 17.2. The standard InChI is InChI=1S/C43H74N2O14/c1-24-21-29(19-20-46)39(59-42-37(49)36(45(9)10)38(27(4)56-42)58-35-23-43(6,51)41(50)28(5)55-35)40(52-11)31(47)22-33(48)53-25(2)15-13-12-14-16-32(24)57-34-18-17-30(44(7)8)26(3)54-34/h12-14,16,20,24-32,34-42,47,49-51H,15,17-19,21-23H2,1-11H3/b13-12+,16-14+/t24-,25-,26-,27-,28+,29+,30+,31-,32+,34?,35+,36-,37-,38-,39+,40+,41+,42+,43-/m1/s1/i7D3. The smallest absolute Gasteiger partial charge is 0.308 e. The quantitative estimate of drug-likeness (QED) is 0.175. The predicted octanol–water partition coefficient (Wildman–Crippen LogP) is 2.33. The van der Waals surface area contributed by atoms with E-state index in [1.807, 2.05) is 38.2 Å². The van der Waals surface area contributed by atoms with Crippen molar-refractivity contribution in [2.24, 2.45) is 11.8 Å². The summed E-state index contributed by atoms with van der Waals surface area (Å²) < 4.78 is 73.4. The fourth-order valence-electron chi connectivity index (χ4n) is 8.93. The SMILES string of the molecule is [2H]C([2H])([2H])N(C)[C@H]1CCC(O[C@H]2/C=C/C=C/C[C@@H](C)OC(=O)C[C@@H](O)[C@H](OC)[C@@H](O[C@@H]3O[C@H](C)[C@@H](O[C@H]4C[C@@](C)(O)[C@@H](O)[C@H](C)O4)[C@H](N(C)C)[C@H]3O)[C@@H](CC=O)C[C@H]2C)O[C@@H]1C. The van der Waals surface area contributed by atoms with Crippen LogP contribution in [0.2, 0.25) is 0 Å². The molecule has 0 radical (unpaired) electrons. The van der Waals surface area contributed by atoms with Crippen molar-refractivity contribution >= 4 is 12.3 Å². The van der Waals surface area contributed by atoms with Gasteiger partial charge in [0.2, 0.25) is 0 Å². The first-order valence-corrected chi connectivity index (χ1v) is 21.1. The number of methoxy groups -OCH3 is 1. The molecule has 3 saturated heterocycles. The van der Waals surface area contributed by atoms with Gasteiger partial charge in [-0.25, -0.2) is 0 Å². The number of carbonyl (C=O) groups is 2. The number of aliphatic hydroxyl groups excluding tert-OH is 3. The Morgan fingerprint density at radius 3 is 2.25 bits per heavy atom. The Bertz CT molecular complexity index is 1470. The van der Waals surface area contributed by atoms with Gasteiger partial charge in [-0.3, -0.25) is 4.79 Å². The Morgan fingerprint density at radius 2 is 1.63 bits per heavy atom. The van der Waals surface area contributed by atoms with Gasteiger partial charge in [0, 0.05) is 36.5 Å². The van der Waals surface area contributed by atoms with Gasteiger partial charge in [-0.05, 0) is 93.8 Å². The molecule has 16 heteroatoms. The van der Waals surface area contributed by atoms with E-state index in [0.29, 0.717) is 19.3 Å². The van der Waals surface area contributed by atoms with E-state index in [0.717, 1.165) is 6.29 Å². The fraction of sp³-hybridized carbons (Fsp3) is 0.860. The molecule has 1 unspecified atom stereocenters. The number of carbonyl (C=O) groups excluding carboxylic acids is 2. The molecule has 0 aromatic heterocycles. The molecule has 0 saturated carbocycles. The number of ether oxygens (including phenoxy) is 8. The van der Waals surface area contributed by atoms with Crippen molar-refractivity contribution in [2.75, 3.05) is 35.2 Å². The summed E-state index contributed by atoms with van der Waals surface area (Å²) in [6.07, 6.45) is -3.88. The van der Waals surface area contributed by atoms with Crippen LogP contribution in [0.3, 0.4) is 0 Å². The zero-order valence-corrected chi connectivity index (χ0v) is 36.5. The Balaban J connectivity index is 1.66. The molecule has 4 N–H and O–H groups in total. The Morgan fingerprint density at radius 1 is 0.915 bits per heavy atom. The van der Waals surface area contributed by atoms with E-state index in [-0.39, 0.29) is 31.2 Å². The van der Waals surface area contributed by atoms with E-state index >= 15 is 0 Å². The highest BCUT2D eigenvalue weighted by molar-refractivity contribution is 5.70. The molecule has 0 aromatic rings. The van der Waals surface area contributed by atoms with Crippen LogP contribution in [0.1, 0.15) is 90.6 Å². The third kappa shape index (κ3) is 13.3. The number of aliphatic hydroxyl groups is 4. The second kappa shape index (κ2) is 22.5. The lowest BCUT2D eigenvalue weighted by molar-refractivity contribution is -0.344. The summed E-state index contributed by atoms with van der Waals surface area (Å²) >= 11 is 0. The predicted molar refractivity (Wildman–Crippen MR) is 217 cm³/mol. The third-order valence-electron chi connectivity index (χ3n) is 12.2. The summed E-state index contributed by atoms with van der Waals surface area (Å²) in [5, 5.41) is 45.1. The highest BCUT2D eigenvalue weighted by Crippen LogP contribution is 2.37. The van der Waals surface area contributed by atoms with Crippen molar-refractivity contribution in [1.82, 2.24) is 9.80 Å². The molecular weight excluding hydrogens is 768 g/mol. The number of nitrogens with zero attached hydrogens (tertiary/aromatic N) is 2. The maximum absolute atomic E-state index is 13.1. The highest BCUT2D eigenvalue weighted by Gasteiger charge is 2.52. The van der Waals surface area contributed by atoms with Crippen LogP contribution in [0.25, 0.3) is 0 Å². The number of allylic oxidation sites excluding steroid dienone is 2. The molecule has 3 fully saturated rings. The second-order valence-corrected chi connectivity index (χ2v) is 17.5. The summed E-state index contributed by atoms with van der Waals surface area (Å²) in [5.41, 5.74) is -1.49. The summed E-state index contributed by atoms with van der Waals surface area (Å²) in [7, 11) is 6.44. The van der Waals surface area contributed by atoms with Gasteiger partial charge in [-0.2, -0.15) is 0 Å². The second-order valence-electron chi connectivity index (χ2n) is 17.5. The lowest BCUT2D eigenvalue weighted by Gasteiger charge is -2.50. The number of hydrogen-bond acceptors (Lipinski definition) is 16. The molecule has 340 valence electrons. The number of cyclic esters (lactones) is 1. The van der Waals surface area contributed by atoms with Crippen molar-refractivity contribution in [3.63, 3.8) is 0 Å². The Hall–Kier alpha value is -1.90. The maximum Gasteiger partial charge on any atom is 0.308 e. The molecular formula is C43H74N2O14. The van der Waals surface area contributed by atoms with Gasteiger partial charge >= 0.3 is 5.97 Å². The number of aldehydes is 1. The Labute approximate surface area is 355 Å². The van der Waals surface area contributed by atoms with Crippen LogP contribution in [0, 0.1) is 11.8 Å². The number of esters is 1. The van der Waals surface area contributed by atoms with Crippen LogP contribution in [-0.2, 0) is 47.5 Å². The zero-order chi connectivity index (χ0) is 46.3. The van der Waals surface area contributed by atoms with Crippen LogP contribution in [0.4, 0.5) is 0 Å². The summed E-state index contributed by atoms with van der Waals surface area (Å²) in [6.45, 7) is 8.12. The minimum absolute atomic E-state index is 0.0370. The van der Waals surface area contributed by atoms with Crippen molar-refractivity contribution in [1.29, 1.82) is 0 Å². The van der Waals surface area contributed by atoms with Gasteiger partial charge < -0.3 is 72.9 Å². The molecule has 0 aromatic carbocycles. The van der Waals surface area contributed by atoms with Gasteiger partial charge in [0.1, 0.15) is 36.8 Å². The van der Waals surface area contributed by atoms with Crippen LogP contribution in [-0.4, -0.2) is 181 Å². The van der Waals surface area contributed by atoms with Gasteiger partial charge in [-0.1, -0.05) is 31.2 Å². The van der Waals surface area contributed by atoms with E-state index in [2.05, 4.69) is 0 Å². The minimum atomic E-state index is -2.28. The normalized spacial score (nSPS) is 46.8. The van der Waals surface area contributed by atoms with E-state index < -0.39 is 123 Å². The molecule has 4 aliphatic rings. The molecule has 4 rings (SSSR count). The topological polar surface area (TPSA) is 195 Å². The van der Waals surface area contributed by atoms with Gasteiger partial charge in [-0.15, -0.1) is 0 Å². The van der Waals surface area contributed by atoms with Crippen LogP contribution >= 0.6 is 0 Å². The van der Waals surface area contributed by atoms with E-state index in [1.165, 1.54) is 18.9 Å². The first-order valence-electron chi connectivity index (χ1n) is 22.6. The average Bonchev–Trinajstić information content (AvgIpc) is 3.16. The largest absolute Gasteiger partial charge is 0.462 e. The molecule has 0 spiro atoms. The van der Waals surface area contributed by atoms with Gasteiger partial charge in [0.25, 0.3) is 0 Å². The lowest BCUT2D eigenvalue weighted by Crippen LogP contribution is -2.65. The number of likely N-dealkylation sites (N-methyl/N-ethyl adjacent to an activating group) is 2. The van der Waals surface area contributed by atoms with E-state index in [4.69, 9.17) is 42.0 Å². The van der Waals surface area contributed by atoms with Crippen molar-refractivity contribution in [3.05, 3.63) is 24.3 Å². The van der Waals surface area contributed by atoms with Gasteiger partial charge in [0.05, 0.1) is 54.7 Å². The molecule has 4 aliphatic heterocycles. The number of hydrogen-bond donors (Lipinski definition) is 4.